The van der Waals surface area contributed by atoms with Gasteiger partial charge in [0.25, 0.3) is 0 Å². The smallest absolute Gasteiger partial charge is 0.158 e. The summed E-state index contributed by atoms with van der Waals surface area (Å²) in [5.41, 5.74) is 0. The number of aromatic nitrogens is 3. The van der Waals surface area contributed by atoms with Crippen LogP contribution in [0.4, 0.5) is 0 Å². The van der Waals surface area contributed by atoms with E-state index < -0.39 is 0 Å². The zero-order valence-corrected chi connectivity index (χ0v) is 4.57. The van der Waals surface area contributed by atoms with Gasteiger partial charge in [-0.15, -0.1) is 10.2 Å². The van der Waals surface area contributed by atoms with E-state index in [-0.39, 0.29) is 6.61 Å². The Balaban J connectivity index is 2.92. The van der Waals surface area contributed by atoms with Gasteiger partial charge < -0.3 is 9.67 Å². The van der Waals surface area contributed by atoms with E-state index in [0.717, 1.165) is 0 Å². The quantitative estimate of drug-likeness (QED) is 0.524. The van der Waals surface area contributed by atoms with Crippen molar-refractivity contribution in [1.82, 2.24) is 14.8 Å². The van der Waals surface area contributed by atoms with Crippen LogP contribution in [0.15, 0.2) is 6.33 Å². The molecule has 44 valence electrons. The minimum absolute atomic E-state index is 0.0451. The van der Waals surface area contributed by atoms with Gasteiger partial charge in [-0.2, -0.15) is 0 Å². The first-order valence-corrected chi connectivity index (χ1v) is 2.28. The van der Waals surface area contributed by atoms with Crippen LogP contribution in [-0.2, 0) is 13.7 Å². The molecule has 0 atom stereocenters. The first-order valence-electron chi connectivity index (χ1n) is 2.28. The fourth-order valence-corrected chi connectivity index (χ4v) is 0.450. The summed E-state index contributed by atoms with van der Waals surface area (Å²) >= 11 is 0. The second-order valence-corrected chi connectivity index (χ2v) is 1.52. The fraction of sp³-hybridized carbons (Fsp3) is 0.500. The minimum Gasteiger partial charge on any atom is -0.388 e. The van der Waals surface area contributed by atoms with Crippen LogP contribution in [0.3, 0.4) is 0 Å². The van der Waals surface area contributed by atoms with Gasteiger partial charge in [0, 0.05) is 7.05 Å². The lowest BCUT2D eigenvalue weighted by molar-refractivity contribution is 0.267. The van der Waals surface area contributed by atoms with Crippen LogP contribution in [0.2, 0.25) is 0 Å². The van der Waals surface area contributed by atoms with Crippen molar-refractivity contribution in [2.24, 2.45) is 7.05 Å². The summed E-state index contributed by atoms with van der Waals surface area (Å²) in [4.78, 5) is 0. The highest BCUT2D eigenvalue weighted by Gasteiger charge is 1.93. The number of rotatable bonds is 1. The number of nitrogens with zero attached hydrogens (tertiary/aromatic N) is 3. The van der Waals surface area contributed by atoms with Gasteiger partial charge in [-0.25, -0.2) is 0 Å². The molecule has 1 N–H and O–H groups in total. The molecule has 0 saturated heterocycles. The van der Waals surface area contributed by atoms with Gasteiger partial charge in [0.2, 0.25) is 0 Å². The van der Waals surface area contributed by atoms with Gasteiger partial charge in [0.15, 0.2) is 5.82 Å². The molecular weight excluding hydrogens is 106 g/mol. The maximum absolute atomic E-state index is 8.48. The Hall–Kier alpha value is -0.900. The van der Waals surface area contributed by atoms with Crippen molar-refractivity contribution in [3.63, 3.8) is 0 Å². The standard InChI is InChI=1S/C4H7N3O/c1-7-3-5-6-4(7)2-8/h3,8H,2H2,1H3. The largest absolute Gasteiger partial charge is 0.388 e. The molecule has 0 fully saturated rings. The number of hydrogen-bond donors (Lipinski definition) is 1. The topological polar surface area (TPSA) is 50.9 Å². The van der Waals surface area contributed by atoms with Crippen LogP contribution in [0.5, 0.6) is 0 Å². The van der Waals surface area contributed by atoms with Crippen LogP contribution in [0.25, 0.3) is 0 Å². The van der Waals surface area contributed by atoms with Crippen molar-refractivity contribution in [1.29, 1.82) is 0 Å². The lowest BCUT2D eigenvalue weighted by Crippen LogP contribution is -1.94. The maximum Gasteiger partial charge on any atom is 0.158 e. The molecule has 0 saturated carbocycles. The molecule has 1 rings (SSSR count). The van der Waals surface area contributed by atoms with E-state index >= 15 is 0 Å². The lowest BCUT2D eigenvalue weighted by Gasteiger charge is -1.89. The molecule has 0 aromatic carbocycles. The summed E-state index contributed by atoms with van der Waals surface area (Å²) < 4.78 is 1.67. The van der Waals surface area contributed by atoms with Gasteiger partial charge >= 0.3 is 0 Å². The maximum atomic E-state index is 8.48. The average molecular weight is 113 g/mol. The molecular formula is C4H7N3O. The number of hydrogen-bond acceptors (Lipinski definition) is 3. The molecule has 0 aliphatic carbocycles. The van der Waals surface area contributed by atoms with E-state index in [0.29, 0.717) is 5.82 Å². The number of aliphatic hydroxyl groups is 1. The third-order valence-electron chi connectivity index (χ3n) is 0.947. The highest BCUT2D eigenvalue weighted by Crippen LogP contribution is 1.87. The van der Waals surface area contributed by atoms with Crippen molar-refractivity contribution in [3.05, 3.63) is 12.2 Å². The zero-order chi connectivity index (χ0) is 5.98. The first kappa shape index (κ1) is 5.24. The normalized spacial score (nSPS) is 9.75. The Morgan fingerprint density at radius 3 is 2.88 bits per heavy atom. The van der Waals surface area contributed by atoms with E-state index in [9.17, 15) is 0 Å². The van der Waals surface area contributed by atoms with Gasteiger partial charge in [-0.05, 0) is 0 Å². The van der Waals surface area contributed by atoms with Crippen LogP contribution in [-0.4, -0.2) is 19.9 Å². The molecule has 0 bridgehead atoms. The molecule has 1 aromatic rings. The second kappa shape index (κ2) is 1.92. The van der Waals surface area contributed by atoms with E-state index in [1.54, 1.807) is 17.9 Å². The predicted octanol–water partition coefficient (Wildman–Crippen LogP) is -0.693. The average Bonchev–Trinajstić information content (AvgIpc) is 2.14. The molecule has 4 nitrogen and oxygen atoms in total. The Morgan fingerprint density at radius 2 is 2.62 bits per heavy atom. The summed E-state index contributed by atoms with van der Waals surface area (Å²) in [7, 11) is 1.78. The SMILES string of the molecule is Cn1cnnc1CO. The van der Waals surface area contributed by atoms with E-state index in [2.05, 4.69) is 10.2 Å². The Morgan fingerprint density at radius 1 is 1.88 bits per heavy atom. The highest BCUT2D eigenvalue weighted by atomic mass is 16.3. The summed E-state index contributed by atoms with van der Waals surface area (Å²) in [6, 6.07) is 0. The van der Waals surface area contributed by atoms with E-state index in [4.69, 9.17) is 5.11 Å². The van der Waals surface area contributed by atoms with Gasteiger partial charge in [-0.1, -0.05) is 0 Å². The van der Waals surface area contributed by atoms with E-state index in [1.165, 1.54) is 0 Å². The van der Waals surface area contributed by atoms with E-state index in [1.807, 2.05) is 0 Å². The zero-order valence-electron chi connectivity index (χ0n) is 4.57. The molecule has 4 heteroatoms. The summed E-state index contributed by atoms with van der Waals surface area (Å²) in [5.74, 6) is 0.588. The monoisotopic (exact) mass is 113 g/mol. The van der Waals surface area contributed by atoms with Gasteiger partial charge in [0.05, 0.1) is 0 Å². The Bertz CT molecular complexity index is 172. The Kier molecular flexibility index (Phi) is 1.26. The summed E-state index contributed by atoms with van der Waals surface area (Å²) in [5, 5.41) is 15.6. The van der Waals surface area contributed by atoms with Gasteiger partial charge in [-0.3, -0.25) is 0 Å². The van der Waals surface area contributed by atoms with Crippen LogP contribution >= 0.6 is 0 Å². The highest BCUT2D eigenvalue weighted by molar-refractivity contribution is 4.79. The van der Waals surface area contributed by atoms with Crippen molar-refractivity contribution >= 4 is 0 Å². The number of aliphatic hydroxyl groups excluding tert-OH is 1. The minimum atomic E-state index is -0.0451. The fourth-order valence-electron chi connectivity index (χ4n) is 0.450. The molecule has 0 aliphatic rings. The van der Waals surface area contributed by atoms with Gasteiger partial charge in [0.1, 0.15) is 12.9 Å². The van der Waals surface area contributed by atoms with Crippen LogP contribution < -0.4 is 0 Å². The van der Waals surface area contributed by atoms with Crippen molar-refractivity contribution in [2.75, 3.05) is 0 Å². The van der Waals surface area contributed by atoms with Crippen molar-refractivity contribution in [2.45, 2.75) is 6.61 Å². The molecule has 0 radical (unpaired) electrons. The molecule has 1 aromatic heterocycles. The first-order chi connectivity index (χ1) is 3.84. The lowest BCUT2D eigenvalue weighted by atomic mass is 10.6. The molecule has 0 unspecified atom stereocenters. The van der Waals surface area contributed by atoms with Crippen molar-refractivity contribution in [3.8, 4) is 0 Å². The molecule has 8 heavy (non-hydrogen) atoms. The molecule has 0 amide bonds. The summed E-state index contributed by atoms with van der Waals surface area (Å²) in [6.45, 7) is -0.0451. The molecule has 0 spiro atoms. The summed E-state index contributed by atoms with van der Waals surface area (Å²) in [6.07, 6.45) is 1.55. The van der Waals surface area contributed by atoms with Crippen LogP contribution in [0.1, 0.15) is 5.82 Å². The molecule has 0 aliphatic heterocycles. The van der Waals surface area contributed by atoms with Crippen molar-refractivity contribution < 1.29 is 5.11 Å². The Labute approximate surface area is 46.8 Å². The van der Waals surface area contributed by atoms with Crippen LogP contribution in [0, 0.1) is 0 Å². The predicted molar refractivity (Wildman–Crippen MR) is 26.9 cm³/mol. The second-order valence-electron chi connectivity index (χ2n) is 1.52. The molecule has 1 heterocycles. The number of aryl methyl sites for hydroxylation is 1. The third kappa shape index (κ3) is 0.696. The third-order valence-corrected chi connectivity index (χ3v) is 0.947.